The standard InChI is InChI=1S/C16H17FN2O4/c1-23-15(21)16(22)4-6-19(7-5-16)14(20)13-9-10-8-11(17)2-3-12(10)18-13/h2-3,8-9,18,22H,4-7H2,1H3. The fourth-order valence-electron chi connectivity index (χ4n) is 2.86. The summed E-state index contributed by atoms with van der Waals surface area (Å²) in [5, 5.41) is 10.8. The molecular weight excluding hydrogens is 303 g/mol. The van der Waals surface area contributed by atoms with E-state index in [0.717, 1.165) is 0 Å². The molecule has 1 aliphatic heterocycles. The lowest BCUT2D eigenvalue weighted by Gasteiger charge is -2.35. The minimum absolute atomic E-state index is 0.125. The lowest BCUT2D eigenvalue weighted by Crippen LogP contribution is -2.51. The van der Waals surface area contributed by atoms with E-state index >= 15 is 0 Å². The number of likely N-dealkylation sites (tertiary alicyclic amines) is 1. The normalized spacial score (nSPS) is 17.3. The van der Waals surface area contributed by atoms with Crippen molar-refractivity contribution in [2.24, 2.45) is 0 Å². The molecule has 0 atom stereocenters. The van der Waals surface area contributed by atoms with E-state index < -0.39 is 11.6 Å². The quantitative estimate of drug-likeness (QED) is 0.821. The van der Waals surface area contributed by atoms with Crippen LogP contribution in [-0.4, -0.2) is 52.7 Å². The van der Waals surface area contributed by atoms with Crippen molar-refractivity contribution in [1.82, 2.24) is 9.88 Å². The van der Waals surface area contributed by atoms with Crippen LogP contribution in [0.15, 0.2) is 24.3 Å². The van der Waals surface area contributed by atoms with Gasteiger partial charge in [-0.2, -0.15) is 0 Å². The third-order valence-electron chi connectivity index (χ3n) is 4.26. The Bertz CT molecular complexity index is 763. The van der Waals surface area contributed by atoms with Gasteiger partial charge in [-0.1, -0.05) is 0 Å². The van der Waals surface area contributed by atoms with Gasteiger partial charge < -0.3 is 19.7 Å². The molecule has 1 aromatic heterocycles. The molecule has 1 aliphatic rings. The smallest absolute Gasteiger partial charge is 0.337 e. The zero-order valence-electron chi connectivity index (χ0n) is 12.6. The zero-order chi connectivity index (χ0) is 16.6. The molecule has 0 radical (unpaired) electrons. The molecule has 0 unspecified atom stereocenters. The van der Waals surface area contributed by atoms with Crippen LogP contribution < -0.4 is 0 Å². The third kappa shape index (κ3) is 2.79. The summed E-state index contributed by atoms with van der Waals surface area (Å²) in [6.45, 7) is 0.488. The molecule has 1 saturated heterocycles. The van der Waals surface area contributed by atoms with Crippen molar-refractivity contribution in [2.75, 3.05) is 20.2 Å². The van der Waals surface area contributed by atoms with Gasteiger partial charge in [0.05, 0.1) is 7.11 Å². The number of rotatable bonds is 2. The van der Waals surface area contributed by atoms with Crippen molar-refractivity contribution in [3.63, 3.8) is 0 Å². The Labute approximate surface area is 131 Å². The summed E-state index contributed by atoms with van der Waals surface area (Å²) in [5.74, 6) is -1.28. The van der Waals surface area contributed by atoms with Gasteiger partial charge in [0.1, 0.15) is 11.5 Å². The maximum absolute atomic E-state index is 13.2. The second kappa shape index (κ2) is 5.66. The summed E-state index contributed by atoms with van der Waals surface area (Å²) >= 11 is 0. The Morgan fingerprint density at radius 1 is 1.30 bits per heavy atom. The topological polar surface area (TPSA) is 82.6 Å². The number of esters is 1. The number of carbonyl (C=O) groups is 2. The first kappa shape index (κ1) is 15.5. The maximum Gasteiger partial charge on any atom is 0.337 e. The van der Waals surface area contributed by atoms with Crippen molar-refractivity contribution in [3.05, 3.63) is 35.8 Å². The molecule has 2 N–H and O–H groups in total. The lowest BCUT2D eigenvalue weighted by molar-refractivity contribution is -0.166. The second-order valence-corrected chi connectivity index (χ2v) is 5.73. The number of methoxy groups -OCH3 is 1. The first-order valence-corrected chi connectivity index (χ1v) is 7.31. The van der Waals surface area contributed by atoms with Crippen LogP contribution in [0.4, 0.5) is 4.39 Å². The van der Waals surface area contributed by atoms with Crippen molar-refractivity contribution in [3.8, 4) is 0 Å². The van der Waals surface area contributed by atoms with E-state index in [1.807, 2.05) is 0 Å². The first-order valence-electron chi connectivity index (χ1n) is 7.31. The van der Waals surface area contributed by atoms with Crippen molar-refractivity contribution >= 4 is 22.8 Å². The van der Waals surface area contributed by atoms with Gasteiger partial charge in [0.25, 0.3) is 5.91 Å². The summed E-state index contributed by atoms with van der Waals surface area (Å²) in [6.07, 6.45) is 0.251. The molecule has 122 valence electrons. The zero-order valence-corrected chi connectivity index (χ0v) is 12.6. The van der Waals surface area contributed by atoms with E-state index in [0.29, 0.717) is 16.6 Å². The molecule has 1 aromatic carbocycles. The fraction of sp³-hybridized carbons (Fsp3) is 0.375. The van der Waals surface area contributed by atoms with Crippen LogP contribution in [-0.2, 0) is 9.53 Å². The van der Waals surface area contributed by atoms with Gasteiger partial charge in [-0.3, -0.25) is 4.79 Å². The van der Waals surface area contributed by atoms with E-state index in [4.69, 9.17) is 0 Å². The van der Waals surface area contributed by atoms with Gasteiger partial charge in [-0.25, -0.2) is 9.18 Å². The molecule has 2 heterocycles. The number of fused-ring (bicyclic) bond motifs is 1. The summed E-state index contributed by atoms with van der Waals surface area (Å²) in [4.78, 5) is 28.6. The number of piperidine rings is 1. The van der Waals surface area contributed by atoms with Gasteiger partial charge in [-0.05, 0) is 24.3 Å². The predicted octanol–water partition coefficient (Wildman–Crippen LogP) is 1.45. The number of ether oxygens (including phenoxy) is 1. The lowest BCUT2D eigenvalue weighted by atomic mass is 9.91. The molecule has 23 heavy (non-hydrogen) atoms. The second-order valence-electron chi connectivity index (χ2n) is 5.73. The number of H-pyrrole nitrogens is 1. The minimum atomic E-state index is -1.53. The molecule has 1 amide bonds. The number of hydrogen-bond acceptors (Lipinski definition) is 4. The number of aromatic amines is 1. The number of amides is 1. The number of nitrogens with zero attached hydrogens (tertiary/aromatic N) is 1. The van der Waals surface area contributed by atoms with Crippen LogP contribution >= 0.6 is 0 Å². The molecule has 3 rings (SSSR count). The van der Waals surface area contributed by atoms with Crippen LogP contribution in [0.5, 0.6) is 0 Å². The average molecular weight is 320 g/mol. The monoisotopic (exact) mass is 320 g/mol. The Kier molecular flexibility index (Phi) is 3.81. The first-order chi connectivity index (χ1) is 10.9. The molecule has 6 nitrogen and oxygen atoms in total. The highest BCUT2D eigenvalue weighted by Crippen LogP contribution is 2.25. The van der Waals surface area contributed by atoms with Crippen LogP contribution in [0.3, 0.4) is 0 Å². The molecule has 0 bridgehead atoms. The molecule has 0 spiro atoms. The molecule has 0 saturated carbocycles. The van der Waals surface area contributed by atoms with Gasteiger partial charge in [0.15, 0.2) is 5.60 Å². The van der Waals surface area contributed by atoms with Crippen LogP contribution in [0, 0.1) is 5.82 Å². The number of nitrogens with one attached hydrogen (secondary N) is 1. The molecule has 1 fully saturated rings. The highest BCUT2D eigenvalue weighted by atomic mass is 19.1. The van der Waals surface area contributed by atoms with E-state index in [9.17, 15) is 19.1 Å². The minimum Gasteiger partial charge on any atom is -0.467 e. The fourth-order valence-corrected chi connectivity index (χ4v) is 2.86. The Hall–Kier alpha value is -2.41. The van der Waals surface area contributed by atoms with Crippen LogP contribution in [0.2, 0.25) is 0 Å². The highest BCUT2D eigenvalue weighted by molar-refractivity contribution is 5.98. The predicted molar refractivity (Wildman–Crippen MR) is 80.4 cm³/mol. The van der Waals surface area contributed by atoms with Gasteiger partial charge in [-0.15, -0.1) is 0 Å². The number of benzene rings is 1. The van der Waals surface area contributed by atoms with Crippen molar-refractivity contribution in [2.45, 2.75) is 18.4 Å². The third-order valence-corrected chi connectivity index (χ3v) is 4.26. The number of hydrogen-bond donors (Lipinski definition) is 2. The average Bonchev–Trinajstić information content (AvgIpc) is 2.97. The summed E-state index contributed by atoms with van der Waals surface area (Å²) in [7, 11) is 1.22. The maximum atomic E-state index is 13.2. The Morgan fingerprint density at radius 3 is 2.65 bits per heavy atom. The van der Waals surface area contributed by atoms with Crippen LogP contribution in [0.25, 0.3) is 10.9 Å². The summed E-state index contributed by atoms with van der Waals surface area (Å²) in [6, 6.07) is 5.86. The Morgan fingerprint density at radius 2 is 2.00 bits per heavy atom. The van der Waals surface area contributed by atoms with Gasteiger partial charge in [0, 0.05) is 36.8 Å². The van der Waals surface area contributed by atoms with E-state index in [-0.39, 0.29) is 37.7 Å². The van der Waals surface area contributed by atoms with E-state index in [2.05, 4.69) is 9.72 Å². The summed E-state index contributed by atoms with van der Waals surface area (Å²) in [5.41, 5.74) is -0.498. The molecule has 0 aliphatic carbocycles. The molecular formula is C16H17FN2O4. The Balaban J connectivity index is 1.75. The highest BCUT2D eigenvalue weighted by Gasteiger charge is 2.41. The number of carbonyl (C=O) groups excluding carboxylic acids is 2. The van der Waals surface area contributed by atoms with Gasteiger partial charge in [0.2, 0.25) is 0 Å². The summed E-state index contributed by atoms with van der Waals surface area (Å²) < 4.78 is 17.8. The van der Waals surface area contributed by atoms with E-state index in [1.165, 1.54) is 19.2 Å². The van der Waals surface area contributed by atoms with Crippen molar-refractivity contribution in [1.29, 1.82) is 0 Å². The van der Waals surface area contributed by atoms with Crippen molar-refractivity contribution < 1.29 is 23.8 Å². The SMILES string of the molecule is COC(=O)C1(O)CCN(C(=O)c2cc3cc(F)ccc3[nH]2)CC1. The number of aromatic nitrogens is 1. The molecule has 2 aromatic rings. The number of aliphatic hydroxyl groups is 1. The van der Waals surface area contributed by atoms with Gasteiger partial charge >= 0.3 is 5.97 Å². The largest absolute Gasteiger partial charge is 0.467 e. The van der Waals surface area contributed by atoms with Crippen LogP contribution in [0.1, 0.15) is 23.3 Å². The van der Waals surface area contributed by atoms with E-state index in [1.54, 1.807) is 17.0 Å². The number of halogens is 1. The molecule has 7 heteroatoms.